The lowest BCUT2D eigenvalue weighted by Crippen LogP contribution is -2.34. The van der Waals surface area contributed by atoms with Crippen LogP contribution in [-0.2, 0) is 30.8 Å². The van der Waals surface area contributed by atoms with E-state index in [2.05, 4.69) is 4.74 Å². The van der Waals surface area contributed by atoms with Gasteiger partial charge < -0.3 is 9.47 Å². The molecule has 0 amide bonds. The van der Waals surface area contributed by atoms with Crippen molar-refractivity contribution < 1.29 is 40.8 Å². The lowest BCUT2D eigenvalue weighted by atomic mass is 9.81. The van der Waals surface area contributed by atoms with Crippen LogP contribution in [0.25, 0.3) is 0 Å². The third-order valence-corrected chi connectivity index (χ3v) is 4.32. The van der Waals surface area contributed by atoms with Gasteiger partial charge >= 0.3 is 27.3 Å². The summed E-state index contributed by atoms with van der Waals surface area (Å²) in [6, 6.07) is 2.91. The fourth-order valence-electron chi connectivity index (χ4n) is 2.03. The molecule has 0 saturated carbocycles. The van der Waals surface area contributed by atoms with Crippen molar-refractivity contribution >= 4 is 56.5 Å². The maximum absolute atomic E-state index is 12.9. The molecule has 0 aliphatic rings. The first-order valence-corrected chi connectivity index (χ1v) is 9.40. The molecule has 0 atom stereocenters. The summed E-state index contributed by atoms with van der Waals surface area (Å²) < 4.78 is 64.1. The molecule has 28 heavy (non-hydrogen) atoms. The van der Waals surface area contributed by atoms with Gasteiger partial charge in [-0.1, -0.05) is 29.4 Å². The van der Waals surface area contributed by atoms with Crippen molar-refractivity contribution in [2.24, 2.45) is 0 Å². The summed E-state index contributed by atoms with van der Waals surface area (Å²) in [4.78, 5) is 23.2. The van der Waals surface area contributed by atoms with Crippen molar-refractivity contribution in [1.82, 2.24) is 0 Å². The second-order valence-corrected chi connectivity index (χ2v) is 7.30. The van der Waals surface area contributed by atoms with E-state index < -0.39 is 33.9 Å². The normalized spacial score (nSPS) is 11.8. The lowest BCUT2D eigenvalue weighted by molar-refractivity contribution is -0.150. The smallest absolute Gasteiger partial charge is 0.402 e. The van der Waals surface area contributed by atoms with Crippen molar-refractivity contribution in [3.63, 3.8) is 0 Å². The molecule has 1 aromatic carbocycles. The number of ether oxygens (including phenoxy) is 2. The van der Waals surface area contributed by atoms with E-state index in [0.717, 1.165) is 0 Å². The van der Waals surface area contributed by atoms with Gasteiger partial charge in [0.05, 0.1) is 7.85 Å². The van der Waals surface area contributed by atoms with Crippen LogP contribution >= 0.6 is 0 Å². The molecule has 1 N–H and O–H groups in total. The number of halogens is 2. The number of unbranched alkanes of at least 4 members (excludes halogenated alkanes) is 1. The molecule has 1 rings (SSSR count). The number of rotatable bonds is 10. The van der Waals surface area contributed by atoms with Gasteiger partial charge in [0.25, 0.3) is 0 Å². The van der Waals surface area contributed by atoms with Gasteiger partial charge in [-0.05, 0) is 18.4 Å². The molecule has 1 aromatic rings. The maximum atomic E-state index is 12.9. The Balaban J connectivity index is 2.41. The van der Waals surface area contributed by atoms with E-state index in [1.54, 1.807) is 0 Å². The Labute approximate surface area is 165 Å². The van der Waals surface area contributed by atoms with Gasteiger partial charge in [0.1, 0.15) is 21.4 Å². The number of hydrogen-bond acceptors (Lipinski definition) is 6. The summed E-state index contributed by atoms with van der Waals surface area (Å²) >= 11 is 0. The molecule has 0 aliphatic heterocycles. The standard InChI is InChI=1S/C15H15B3F2O7S/c16-7-9-5-10(17)6-11(18)14(9)27-13(22)4-2-1-3-12(21)26-8-15(19,20)28(23,24)25/h5-6H,1-4,7-8H2,(H,23,24,25). The first-order valence-electron chi connectivity index (χ1n) is 7.96. The van der Waals surface area contributed by atoms with Gasteiger partial charge in [-0.3, -0.25) is 14.1 Å². The Bertz CT molecular complexity index is 831. The van der Waals surface area contributed by atoms with Crippen LogP contribution in [0.2, 0.25) is 0 Å². The minimum absolute atomic E-state index is 0.0396. The molecular weight excluding hydrogens is 395 g/mol. The van der Waals surface area contributed by atoms with E-state index in [1.165, 1.54) is 12.1 Å². The van der Waals surface area contributed by atoms with Crippen molar-refractivity contribution in [1.29, 1.82) is 0 Å². The quantitative estimate of drug-likeness (QED) is 0.181. The molecule has 0 saturated heterocycles. The molecule has 0 unspecified atom stereocenters. The first-order chi connectivity index (χ1) is 12.9. The van der Waals surface area contributed by atoms with Crippen LogP contribution in [0.15, 0.2) is 12.1 Å². The van der Waals surface area contributed by atoms with Crippen LogP contribution in [0.3, 0.4) is 0 Å². The highest BCUT2D eigenvalue weighted by molar-refractivity contribution is 7.86. The Morgan fingerprint density at radius 1 is 1.11 bits per heavy atom. The van der Waals surface area contributed by atoms with E-state index in [4.69, 9.17) is 32.8 Å². The third kappa shape index (κ3) is 7.27. The minimum atomic E-state index is -5.67. The summed E-state index contributed by atoms with van der Waals surface area (Å²) in [5.74, 6) is -1.67. The molecule has 0 bridgehead atoms. The average Bonchev–Trinajstić information content (AvgIpc) is 2.58. The molecule has 146 valence electrons. The van der Waals surface area contributed by atoms with Crippen molar-refractivity contribution in [3.8, 4) is 5.75 Å². The Morgan fingerprint density at radius 2 is 1.68 bits per heavy atom. The molecule has 0 heterocycles. The molecule has 0 aromatic heterocycles. The zero-order chi connectivity index (χ0) is 21.5. The second-order valence-electron chi connectivity index (χ2n) is 5.76. The molecule has 13 heteroatoms. The highest BCUT2D eigenvalue weighted by atomic mass is 32.2. The largest absolute Gasteiger partial charge is 0.458 e. The highest BCUT2D eigenvalue weighted by Crippen LogP contribution is 2.21. The minimum Gasteiger partial charge on any atom is -0.458 e. The van der Waals surface area contributed by atoms with Crippen molar-refractivity contribution in [3.05, 3.63) is 17.7 Å². The molecule has 7 nitrogen and oxygen atoms in total. The van der Waals surface area contributed by atoms with E-state index in [0.29, 0.717) is 11.0 Å². The maximum Gasteiger partial charge on any atom is 0.402 e. The number of benzene rings is 1. The van der Waals surface area contributed by atoms with E-state index in [1.807, 2.05) is 0 Å². The number of esters is 2. The second kappa shape index (κ2) is 10.1. The fourth-order valence-corrected chi connectivity index (χ4v) is 2.24. The van der Waals surface area contributed by atoms with Gasteiger partial charge in [-0.2, -0.15) is 17.2 Å². The van der Waals surface area contributed by atoms with E-state index in [9.17, 15) is 26.8 Å². The number of alkyl halides is 2. The summed E-state index contributed by atoms with van der Waals surface area (Å²) in [6.07, 6.45) is -0.158. The van der Waals surface area contributed by atoms with E-state index in [-0.39, 0.29) is 43.2 Å². The highest BCUT2D eigenvalue weighted by Gasteiger charge is 2.45. The number of carbonyl (C=O) groups is 2. The van der Waals surface area contributed by atoms with Crippen LogP contribution in [0.4, 0.5) is 8.78 Å². The zero-order valence-electron chi connectivity index (χ0n) is 14.7. The fraction of sp³-hybridized carbons (Fsp3) is 0.467. The van der Waals surface area contributed by atoms with Gasteiger partial charge in [0.15, 0.2) is 6.61 Å². The molecule has 0 fully saturated rings. The first kappa shape index (κ1) is 24.2. The predicted molar refractivity (Wildman–Crippen MR) is 98.2 cm³/mol. The Morgan fingerprint density at radius 3 is 2.21 bits per heavy atom. The van der Waals surface area contributed by atoms with Gasteiger partial charge in [0.2, 0.25) is 0 Å². The van der Waals surface area contributed by atoms with Gasteiger partial charge in [-0.15, -0.1) is 0 Å². The van der Waals surface area contributed by atoms with Crippen molar-refractivity contribution in [2.75, 3.05) is 6.61 Å². The van der Waals surface area contributed by atoms with Gasteiger partial charge in [0, 0.05) is 12.8 Å². The third-order valence-electron chi connectivity index (χ3n) is 3.44. The molecular formula is C15H15B3F2O7S. The molecule has 0 aliphatic carbocycles. The SMILES string of the molecule is [B]Cc1cc([B])cc([B])c1OC(=O)CCCCC(=O)OCC(F)(F)S(=O)(=O)O. The molecule has 0 spiro atoms. The summed E-state index contributed by atoms with van der Waals surface area (Å²) in [7, 11) is 11.2. The topological polar surface area (TPSA) is 107 Å². The monoisotopic (exact) mass is 410 g/mol. The molecule has 6 radical (unpaired) electrons. The van der Waals surface area contributed by atoms with E-state index >= 15 is 0 Å². The Hall–Kier alpha value is -1.88. The van der Waals surface area contributed by atoms with Crippen molar-refractivity contribution in [2.45, 2.75) is 37.3 Å². The predicted octanol–water partition coefficient (Wildman–Crippen LogP) is -0.568. The summed E-state index contributed by atoms with van der Waals surface area (Å²) in [6.45, 7) is -1.80. The Kier molecular flexibility index (Phi) is 8.68. The van der Waals surface area contributed by atoms with Crippen LogP contribution in [0.5, 0.6) is 5.75 Å². The van der Waals surface area contributed by atoms with Gasteiger partial charge in [-0.25, -0.2) is 0 Å². The van der Waals surface area contributed by atoms with Crippen LogP contribution in [0.1, 0.15) is 31.2 Å². The number of hydrogen-bond donors (Lipinski definition) is 1. The van der Waals surface area contributed by atoms with Crippen LogP contribution < -0.4 is 15.7 Å². The summed E-state index contributed by atoms with van der Waals surface area (Å²) in [5.41, 5.74) is 0.933. The lowest BCUT2D eigenvalue weighted by Gasteiger charge is -2.14. The van der Waals surface area contributed by atoms with Crippen LogP contribution in [-0.4, -0.2) is 60.3 Å². The summed E-state index contributed by atoms with van der Waals surface area (Å²) in [5, 5.41) is -4.59. The zero-order valence-corrected chi connectivity index (χ0v) is 15.5. The number of carbonyl (C=O) groups excluding carboxylic acids is 2. The van der Waals surface area contributed by atoms with Crippen LogP contribution in [0, 0.1) is 0 Å². The average molecular weight is 410 g/mol.